The van der Waals surface area contributed by atoms with Gasteiger partial charge in [0.2, 0.25) is 0 Å². The highest BCUT2D eigenvalue weighted by atomic mass is 32.1. The molecular formula is C12H28N4OS2. The van der Waals surface area contributed by atoms with Crippen LogP contribution in [0.25, 0.3) is 0 Å². The van der Waals surface area contributed by atoms with Crippen LogP contribution in [0.15, 0.2) is 0 Å². The summed E-state index contributed by atoms with van der Waals surface area (Å²) in [5.74, 6) is 0. The SMILES string of the molecule is CNCCNC(O)NC1CCC(S)C(S)CC(N)C1. The molecule has 1 rings (SSSR count). The van der Waals surface area contributed by atoms with E-state index in [1.165, 1.54) is 0 Å². The number of hydrogen-bond donors (Lipinski definition) is 7. The molecule has 7 heteroatoms. The van der Waals surface area contributed by atoms with Gasteiger partial charge in [0.05, 0.1) is 0 Å². The predicted octanol–water partition coefficient (Wildman–Crippen LogP) is -0.472. The largest absolute Gasteiger partial charge is 0.365 e. The molecule has 5 atom stereocenters. The van der Waals surface area contributed by atoms with Crippen LogP contribution in [0.2, 0.25) is 0 Å². The third-order valence-electron chi connectivity index (χ3n) is 3.49. The second-order valence-corrected chi connectivity index (χ2v) is 6.59. The highest BCUT2D eigenvalue weighted by Gasteiger charge is 2.25. The van der Waals surface area contributed by atoms with E-state index in [-0.39, 0.29) is 22.6 Å². The van der Waals surface area contributed by atoms with Crippen molar-refractivity contribution in [2.45, 2.75) is 54.6 Å². The Kier molecular flexibility index (Phi) is 8.72. The molecule has 0 radical (unpaired) electrons. The molecule has 0 aromatic carbocycles. The number of aliphatic hydroxyl groups excluding tert-OH is 1. The van der Waals surface area contributed by atoms with Gasteiger partial charge in [0.15, 0.2) is 6.35 Å². The topological polar surface area (TPSA) is 82.3 Å². The van der Waals surface area contributed by atoms with Gasteiger partial charge in [0.25, 0.3) is 0 Å². The van der Waals surface area contributed by atoms with Crippen LogP contribution in [0.3, 0.4) is 0 Å². The molecule has 0 heterocycles. The predicted molar refractivity (Wildman–Crippen MR) is 86.9 cm³/mol. The van der Waals surface area contributed by atoms with E-state index in [0.29, 0.717) is 0 Å². The van der Waals surface area contributed by atoms with Crippen molar-refractivity contribution in [2.24, 2.45) is 5.73 Å². The van der Waals surface area contributed by atoms with Gasteiger partial charge >= 0.3 is 0 Å². The second kappa shape index (κ2) is 9.44. The molecule has 0 aliphatic heterocycles. The van der Waals surface area contributed by atoms with Crippen LogP contribution in [-0.4, -0.2) is 54.2 Å². The number of nitrogens with one attached hydrogen (secondary N) is 3. The van der Waals surface area contributed by atoms with Crippen molar-refractivity contribution in [1.82, 2.24) is 16.0 Å². The lowest BCUT2D eigenvalue weighted by atomic mass is 9.93. The van der Waals surface area contributed by atoms with Gasteiger partial charge in [-0.05, 0) is 32.7 Å². The maximum Gasteiger partial charge on any atom is 0.160 e. The van der Waals surface area contributed by atoms with Crippen LogP contribution in [0, 0.1) is 0 Å². The number of nitrogens with two attached hydrogens (primary N) is 1. The highest BCUT2D eigenvalue weighted by molar-refractivity contribution is 7.85. The van der Waals surface area contributed by atoms with E-state index in [1.807, 2.05) is 7.05 Å². The van der Waals surface area contributed by atoms with Crippen molar-refractivity contribution < 1.29 is 5.11 Å². The first-order valence-corrected chi connectivity index (χ1v) is 8.00. The number of rotatable bonds is 6. The molecule has 1 aliphatic carbocycles. The molecule has 0 bridgehead atoms. The molecule has 114 valence electrons. The number of thiol groups is 2. The molecule has 5 unspecified atom stereocenters. The molecule has 6 N–H and O–H groups in total. The van der Waals surface area contributed by atoms with E-state index in [0.717, 1.165) is 38.8 Å². The second-order valence-electron chi connectivity index (χ2n) is 5.27. The van der Waals surface area contributed by atoms with Crippen molar-refractivity contribution in [1.29, 1.82) is 0 Å². The number of aliphatic hydroxyl groups is 1. The van der Waals surface area contributed by atoms with E-state index in [1.54, 1.807) is 0 Å². The monoisotopic (exact) mass is 308 g/mol. The minimum absolute atomic E-state index is 0.111. The molecule has 19 heavy (non-hydrogen) atoms. The van der Waals surface area contributed by atoms with Gasteiger partial charge in [-0.2, -0.15) is 25.3 Å². The summed E-state index contributed by atoms with van der Waals surface area (Å²) in [7, 11) is 1.88. The lowest BCUT2D eigenvalue weighted by Crippen LogP contribution is -2.51. The lowest BCUT2D eigenvalue weighted by molar-refractivity contribution is 0.0829. The van der Waals surface area contributed by atoms with Crippen LogP contribution in [0.5, 0.6) is 0 Å². The first kappa shape index (κ1) is 17.6. The van der Waals surface area contributed by atoms with Gasteiger partial charge < -0.3 is 16.2 Å². The maximum absolute atomic E-state index is 9.87. The maximum atomic E-state index is 9.87. The van der Waals surface area contributed by atoms with Crippen molar-refractivity contribution in [3.63, 3.8) is 0 Å². The zero-order valence-electron chi connectivity index (χ0n) is 11.5. The molecule has 0 spiro atoms. The van der Waals surface area contributed by atoms with Gasteiger partial charge in [-0.3, -0.25) is 10.6 Å². The Morgan fingerprint density at radius 1 is 1.21 bits per heavy atom. The third-order valence-corrected chi connectivity index (χ3v) is 4.92. The summed E-state index contributed by atoms with van der Waals surface area (Å²) in [5.41, 5.74) is 6.11. The Bertz CT molecular complexity index is 248. The van der Waals surface area contributed by atoms with E-state index in [9.17, 15) is 5.11 Å². The minimum atomic E-state index is -0.685. The van der Waals surface area contributed by atoms with Gasteiger partial charge in [-0.25, -0.2) is 0 Å². The molecule has 0 aromatic heterocycles. The lowest BCUT2D eigenvalue weighted by Gasteiger charge is -2.31. The summed E-state index contributed by atoms with van der Waals surface area (Å²) in [6.45, 7) is 1.54. The van der Waals surface area contributed by atoms with Crippen molar-refractivity contribution in [2.75, 3.05) is 20.1 Å². The summed E-state index contributed by atoms with van der Waals surface area (Å²) in [5, 5.41) is 19.6. The summed E-state index contributed by atoms with van der Waals surface area (Å²) in [6.07, 6.45) is 3.01. The normalized spacial score (nSPS) is 34.6. The van der Waals surface area contributed by atoms with E-state index >= 15 is 0 Å². The third kappa shape index (κ3) is 7.17. The highest BCUT2D eigenvalue weighted by Crippen LogP contribution is 2.25. The molecule has 0 saturated heterocycles. The fourth-order valence-corrected chi connectivity index (χ4v) is 3.07. The fraction of sp³-hybridized carbons (Fsp3) is 1.00. The van der Waals surface area contributed by atoms with Crippen LogP contribution in [0.1, 0.15) is 25.7 Å². The van der Waals surface area contributed by atoms with E-state index < -0.39 is 6.35 Å². The van der Waals surface area contributed by atoms with Gasteiger partial charge in [0, 0.05) is 35.7 Å². The standard InChI is InChI=1S/C12H28N4OS2/c1-14-4-5-15-12(17)16-9-2-3-10(18)11(19)7-8(13)6-9/h8-12,14-19H,2-7,13H2,1H3. The van der Waals surface area contributed by atoms with Crippen molar-refractivity contribution in [3.8, 4) is 0 Å². The Morgan fingerprint density at radius 2 is 1.95 bits per heavy atom. The van der Waals surface area contributed by atoms with Gasteiger partial charge in [0.1, 0.15) is 0 Å². The van der Waals surface area contributed by atoms with Crippen LogP contribution in [-0.2, 0) is 0 Å². The first-order valence-electron chi connectivity index (χ1n) is 6.96. The molecule has 0 aromatic rings. The fourth-order valence-electron chi connectivity index (χ4n) is 2.38. The molecule has 1 fully saturated rings. The zero-order valence-corrected chi connectivity index (χ0v) is 13.3. The van der Waals surface area contributed by atoms with Crippen molar-refractivity contribution in [3.05, 3.63) is 0 Å². The van der Waals surface area contributed by atoms with Crippen molar-refractivity contribution >= 4 is 25.3 Å². The smallest absolute Gasteiger partial charge is 0.160 e. The summed E-state index contributed by atoms with van der Waals surface area (Å²) in [4.78, 5) is 0. The van der Waals surface area contributed by atoms with Crippen LogP contribution in [0.4, 0.5) is 0 Å². The summed E-state index contributed by atoms with van der Waals surface area (Å²) >= 11 is 9.11. The Morgan fingerprint density at radius 3 is 2.63 bits per heavy atom. The Hall–Kier alpha value is 0.500. The number of likely N-dealkylation sites (N-methyl/N-ethyl adjacent to an activating group) is 1. The van der Waals surface area contributed by atoms with Crippen LogP contribution >= 0.6 is 25.3 Å². The molecular weight excluding hydrogens is 280 g/mol. The quantitative estimate of drug-likeness (QED) is 0.205. The average Bonchev–Trinajstić information content (AvgIpc) is 2.34. The average molecular weight is 309 g/mol. The molecule has 1 aliphatic rings. The zero-order chi connectivity index (χ0) is 14.3. The first-order chi connectivity index (χ1) is 9.02. The van der Waals surface area contributed by atoms with E-state index in [2.05, 4.69) is 41.2 Å². The molecule has 0 amide bonds. The Labute approximate surface area is 127 Å². The summed E-state index contributed by atoms with van der Waals surface area (Å²) < 4.78 is 0. The van der Waals surface area contributed by atoms with Gasteiger partial charge in [-0.15, -0.1) is 0 Å². The summed E-state index contributed by atoms with van der Waals surface area (Å²) in [6, 6.07) is 0.335. The van der Waals surface area contributed by atoms with Gasteiger partial charge in [-0.1, -0.05) is 0 Å². The number of hydrogen-bond acceptors (Lipinski definition) is 7. The Balaban J connectivity index is 2.35. The van der Waals surface area contributed by atoms with E-state index in [4.69, 9.17) is 5.73 Å². The molecule has 1 saturated carbocycles. The molecule has 5 nitrogen and oxygen atoms in total. The van der Waals surface area contributed by atoms with Crippen LogP contribution < -0.4 is 21.7 Å². The minimum Gasteiger partial charge on any atom is -0.365 e.